The molecule has 4 heteroatoms. The van der Waals surface area contributed by atoms with Crippen LogP contribution in [0.15, 0.2) is 6.07 Å². The zero-order chi connectivity index (χ0) is 13.0. The molecule has 1 rings (SSSR count). The van der Waals surface area contributed by atoms with Crippen molar-refractivity contribution in [2.75, 3.05) is 6.61 Å². The first kappa shape index (κ1) is 13.8. The van der Waals surface area contributed by atoms with Crippen molar-refractivity contribution in [3.05, 3.63) is 27.8 Å². The van der Waals surface area contributed by atoms with Gasteiger partial charge in [-0.05, 0) is 49.9 Å². The maximum atomic E-state index is 10.6. The van der Waals surface area contributed by atoms with Gasteiger partial charge in [-0.15, -0.1) is 0 Å². The van der Waals surface area contributed by atoms with Gasteiger partial charge in [0.2, 0.25) is 0 Å². The molecule has 0 aromatic heterocycles. The SMILES string of the molecule is CCOc1c(C)cc(Cl)c(C)c1CCC(=O)O. The minimum atomic E-state index is -0.815. The molecule has 0 heterocycles. The predicted molar refractivity (Wildman–Crippen MR) is 68.1 cm³/mol. The van der Waals surface area contributed by atoms with Gasteiger partial charge in [0.25, 0.3) is 0 Å². The summed E-state index contributed by atoms with van der Waals surface area (Å²) in [5.41, 5.74) is 2.75. The molecule has 0 aliphatic rings. The smallest absolute Gasteiger partial charge is 0.303 e. The van der Waals surface area contributed by atoms with Gasteiger partial charge in [-0.3, -0.25) is 4.79 Å². The van der Waals surface area contributed by atoms with Crippen LogP contribution >= 0.6 is 11.6 Å². The van der Waals surface area contributed by atoms with Crippen LogP contribution in [-0.4, -0.2) is 17.7 Å². The van der Waals surface area contributed by atoms with Crippen molar-refractivity contribution in [2.45, 2.75) is 33.6 Å². The molecule has 0 saturated carbocycles. The van der Waals surface area contributed by atoms with E-state index < -0.39 is 5.97 Å². The van der Waals surface area contributed by atoms with Crippen molar-refractivity contribution < 1.29 is 14.6 Å². The van der Waals surface area contributed by atoms with Gasteiger partial charge in [0, 0.05) is 11.4 Å². The maximum absolute atomic E-state index is 10.6. The van der Waals surface area contributed by atoms with E-state index in [0.717, 1.165) is 22.4 Å². The van der Waals surface area contributed by atoms with Crippen LogP contribution in [0, 0.1) is 13.8 Å². The van der Waals surface area contributed by atoms with E-state index in [2.05, 4.69) is 0 Å². The zero-order valence-electron chi connectivity index (χ0n) is 10.3. The minimum absolute atomic E-state index is 0.0840. The van der Waals surface area contributed by atoms with Crippen LogP contribution in [0.1, 0.15) is 30.0 Å². The quantitative estimate of drug-likeness (QED) is 0.879. The van der Waals surface area contributed by atoms with E-state index in [1.54, 1.807) is 0 Å². The highest BCUT2D eigenvalue weighted by Crippen LogP contribution is 2.33. The van der Waals surface area contributed by atoms with Gasteiger partial charge in [0.1, 0.15) is 5.75 Å². The summed E-state index contributed by atoms with van der Waals surface area (Å²) in [5, 5.41) is 9.41. The summed E-state index contributed by atoms with van der Waals surface area (Å²) in [7, 11) is 0. The van der Waals surface area contributed by atoms with E-state index in [1.807, 2.05) is 26.8 Å². The molecule has 0 radical (unpaired) electrons. The lowest BCUT2D eigenvalue weighted by Crippen LogP contribution is -2.05. The number of halogens is 1. The van der Waals surface area contributed by atoms with Crippen LogP contribution < -0.4 is 4.74 Å². The predicted octanol–water partition coefficient (Wildman–Crippen LogP) is 3.37. The van der Waals surface area contributed by atoms with Crippen molar-refractivity contribution in [2.24, 2.45) is 0 Å². The van der Waals surface area contributed by atoms with Crippen LogP contribution in [0.5, 0.6) is 5.75 Å². The van der Waals surface area contributed by atoms with Crippen molar-refractivity contribution in [1.29, 1.82) is 0 Å². The number of carbonyl (C=O) groups is 1. The van der Waals surface area contributed by atoms with Crippen molar-refractivity contribution >= 4 is 17.6 Å². The first-order chi connectivity index (χ1) is 7.97. The van der Waals surface area contributed by atoms with Gasteiger partial charge in [-0.25, -0.2) is 0 Å². The fraction of sp³-hybridized carbons (Fsp3) is 0.462. The topological polar surface area (TPSA) is 46.5 Å². The highest BCUT2D eigenvalue weighted by Gasteiger charge is 2.14. The number of ether oxygens (including phenoxy) is 1. The number of aliphatic carboxylic acids is 1. The number of carboxylic acid groups (broad SMARTS) is 1. The van der Waals surface area contributed by atoms with Gasteiger partial charge in [-0.2, -0.15) is 0 Å². The molecule has 17 heavy (non-hydrogen) atoms. The molecule has 1 N–H and O–H groups in total. The highest BCUT2D eigenvalue weighted by atomic mass is 35.5. The summed E-state index contributed by atoms with van der Waals surface area (Å²) in [6.07, 6.45) is 0.526. The second kappa shape index (κ2) is 5.92. The summed E-state index contributed by atoms with van der Waals surface area (Å²) >= 11 is 6.10. The molecular formula is C13H17ClO3. The molecule has 3 nitrogen and oxygen atoms in total. The highest BCUT2D eigenvalue weighted by molar-refractivity contribution is 6.31. The molecule has 0 saturated heterocycles. The molecule has 1 aromatic rings. The Balaban J connectivity index is 3.16. The summed E-state index contributed by atoms with van der Waals surface area (Å²) in [5.74, 6) is -0.0415. The van der Waals surface area contributed by atoms with E-state index in [1.165, 1.54) is 0 Å². The monoisotopic (exact) mass is 256 g/mol. The van der Waals surface area contributed by atoms with Gasteiger partial charge in [0.05, 0.1) is 6.61 Å². The van der Waals surface area contributed by atoms with Crippen LogP contribution in [0.3, 0.4) is 0 Å². The molecule has 94 valence electrons. The molecule has 0 aliphatic heterocycles. The summed E-state index contributed by atoms with van der Waals surface area (Å²) < 4.78 is 5.58. The lowest BCUT2D eigenvalue weighted by atomic mass is 9.99. The third-order valence-electron chi connectivity index (χ3n) is 2.66. The van der Waals surface area contributed by atoms with Gasteiger partial charge in [0.15, 0.2) is 0 Å². The van der Waals surface area contributed by atoms with Crippen LogP contribution in [0.25, 0.3) is 0 Å². The first-order valence-corrected chi connectivity index (χ1v) is 5.98. The lowest BCUT2D eigenvalue weighted by Gasteiger charge is -2.16. The van der Waals surface area contributed by atoms with E-state index in [-0.39, 0.29) is 6.42 Å². The standard InChI is InChI=1S/C13H17ClO3/c1-4-17-13-8(2)7-11(14)9(3)10(13)5-6-12(15)16/h7H,4-6H2,1-3H3,(H,15,16). The summed E-state index contributed by atoms with van der Waals surface area (Å²) in [4.78, 5) is 10.6. The van der Waals surface area contributed by atoms with E-state index >= 15 is 0 Å². The third kappa shape index (κ3) is 3.37. The number of aryl methyl sites for hydroxylation is 1. The molecule has 0 aliphatic carbocycles. The normalized spacial score (nSPS) is 10.4. The largest absolute Gasteiger partial charge is 0.493 e. The van der Waals surface area contributed by atoms with Crippen LogP contribution in [0.4, 0.5) is 0 Å². The van der Waals surface area contributed by atoms with Gasteiger partial charge < -0.3 is 9.84 Å². The maximum Gasteiger partial charge on any atom is 0.303 e. The first-order valence-electron chi connectivity index (χ1n) is 5.60. The molecule has 0 spiro atoms. The molecule has 0 atom stereocenters. The van der Waals surface area contributed by atoms with E-state index in [9.17, 15) is 4.79 Å². The average Bonchev–Trinajstić information content (AvgIpc) is 2.25. The van der Waals surface area contributed by atoms with E-state index in [0.29, 0.717) is 18.1 Å². The van der Waals surface area contributed by atoms with Crippen molar-refractivity contribution in [1.82, 2.24) is 0 Å². The molecule has 0 bridgehead atoms. The number of hydrogen-bond acceptors (Lipinski definition) is 2. The Kier molecular flexibility index (Phi) is 4.82. The Hall–Kier alpha value is -1.22. The third-order valence-corrected chi connectivity index (χ3v) is 3.06. The summed E-state index contributed by atoms with van der Waals surface area (Å²) in [6, 6.07) is 1.85. The fourth-order valence-corrected chi connectivity index (χ4v) is 2.07. The zero-order valence-corrected chi connectivity index (χ0v) is 11.1. The molecule has 1 aromatic carbocycles. The van der Waals surface area contributed by atoms with E-state index in [4.69, 9.17) is 21.4 Å². The Morgan fingerprint density at radius 1 is 1.47 bits per heavy atom. The minimum Gasteiger partial charge on any atom is -0.493 e. The average molecular weight is 257 g/mol. The number of benzene rings is 1. The Morgan fingerprint density at radius 3 is 2.65 bits per heavy atom. The summed E-state index contributed by atoms with van der Waals surface area (Å²) in [6.45, 7) is 6.27. The number of rotatable bonds is 5. The molecule has 0 unspecified atom stereocenters. The fourth-order valence-electron chi connectivity index (χ4n) is 1.79. The second-order valence-corrected chi connectivity index (χ2v) is 4.34. The molecule has 0 fully saturated rings. The second-order valence-electron chi connectivity index (χ2n) is 3.93. The van der Waals surface area contributed by atoms with Gasteiger partial charge in [-0.1, -0.05) is 11.6 Å². The van der Waals surface area contributed by atoms with Crippen molar-refractivity contribution in [3.8, 4) is 5.75 Å². The Morgan fingerprint density at radius 2 is 2.12 bits per heavy atom. The van der Waals surface area contributed by atoms with Crippen molar-refractivity contribution in [3.63, 3.8) is 0 Å². The van der Waals surface area contributed by atoms with Crippen LogP contribution in [-0.2, 0) is 11.2 Å². The van der Waals surface area contributed by atoms with Crippen LogP contribution in [0.2, 0.25) is 5.02 Å². The Bertz CT molecular complexity index is 427. The molecule has 0 amide bonds. The number of hydrogen-bond donors (Lipinski definition) is 1. The lowest BCUT2D eigenvalue weighted by molar-refractivity contribution is -0.136. The van der Waals surface area contributed by atoms with Gasteiger partial charge >= 0.3 is 5.97 Å². The number of carboxylic acids is 1. The molecular weight excluding hydrogens is 240 g/mol. The Labute approximate surface area is 106 Å².